The Balaban J connectivity index is 1.26. The van der Waals surface area contributed by atoms with Gasteiger partial charge in [-0.2, -0.15) is 0 Å². The van der Waals surface area contributed by atoms with Crippen LogP contribution in [0.3, 0.4) is 0 Å². The Morgan fingerprint density at radius 2 is 1.43 bits per heavy atom. The molecule has 0 radical (unpaired) electrons. The van der Waals surface area contributed by atoms with Gasteiger partial charge >= 0.3 is 11.9 Å². The van der Waals surface area contributed by atoms with Gasteiger partial charge in [0.25, 0.3) is 11.1 Å². The number of aryl methyl sites for hydroxylation is 2. The summed E-state index contributed by atoms with van der Waals surface area (Å²) in [5.74, 6) is -3.97. The second kappa shape index (κ2) is 16.1. The fourth-order valence-electron chi connectivity index (χ4n) is 8.63. The molecule has 1 unspecified atom stereocenters. The molecule has 1 atom stereocenters. The van der Waals surface area contributed by atoms with Crippen LogP contribution in [-0.4, -0.2) is 91.3 Å². The molecule has 14 nitrogen and oxygen atoms in total. The van der Waals surface area contributed by atoms with Crippen molar-refractivity contribution in [1.29, 1.82) is 0 Å². The van der Waals surface area contributed by atoms with Crippen molar-refractivity contribution in [2.45, 2.75) is 58.7 Å². The molecule has 14 heteroatoms. The summed E-state index contributed by atoms with van der Waals surface area (Å²) in [4.78, 5) is 64.0. The molecule has 5 N–H and O–H groups in total. The van der Waals surface area contributed by atoms with Gasteiger partial charge in [-0.05, 0) is 101 Å². The van der Waals surface area contributed by atoms with Crippen molar-refractivity contribution in [2.24, 2.45) is 14.1 Å². The van der Waals surface area contributed by atoms with Crippen molar-refractivity contribution in [2.75, 3.05) is 34.2 Å². The number of esters is 1. The second-order valence-corrected chi connectivity index (χ2v) is 15.4. The number of hydrogen-bond acceptors (Lipinski definition) is 9. The number of nitrogens with zero attached hydrogens (tertiary/aromatic N) is 4. The number of carboxylic acids is 1. The molecule has 1 aliphatic rings. The summed E-state index contributed by atoms with van der Waals surface area (Å²) < 4.78 is 9.97. The Morgan fingerprint density at radius 1 is 0.862 bits per heavy atom. The van der Waals surface area contributed by atoms with Gasteiger partial charge in [-0.25, -0.2) is 9.59 Å². The molecule has 58 heavy (non-hydrogen) atoms. The molecule has 0 saturated carbocycles. The average molecular weight is 790 g/mol. The number of hydrogen-bond donors (Lipinski definition) is 5. The molecule has 1 fully saturated rings. The first-order valence-electron chi connectivity index (χ1n) is 19.7. The molecule has 1 aliphatic heterocycles. The zero-order chi connectivity index (χ0) is 41.6. The highest BCUT2D eigenvalue weighted by Crippen LogP contribution is 2.36. The zero-order valence-electron chi connectivity index (χ0n) is 34.1. The van der Waals surface area contributed by atoms with Crippen LogP contribution in [0.25, 0.3) is 44.3 Å². The topological polar surface area (TPSA) is 178 Å². The van der Waals surface area contributed by atoms with Crippen molar-refractivity contribution in [3.05, 3.63) is 103 Å². The molecule has 7 rings (SSSR count). The maximum atomic E-state index is 14.0. The predicted octanol–water partition coefficient (Wildman–Crippen LogP) is 5.37. The van der Waals surface area contributed by atoms with Gasteiger partial charge in [0.2, 0.25) is 0 Å². The molecule has 0 aliphatic carbocycles. The maximum Gasteiger partial charge on any atom is 0.353 e. The lowest BCUT2D eigenvalue weighted by Crippen LogP contribution is -2.37. The number of aromatic amines is 2. The van der Waals surface area contributed by atoms with E-state index in [1.54, 1.807) is 13.8 Å². The first-order chi connectivity index (χ1) is 27.8. The van der Waals surface area contributed by atoms with Crippen LogP contribution in [0.4, 0.5) is 0 Å². The molecule has 0 spiro atoms. The Bertz CT molecular complexity index is 2700. The van der Waals surface area contributed by atoms with Crippen LogP contribution >= 0.6 is 0 Å². The summed E-state index contributed by atoms with van der Waals surface area (Å²) in [5, 5.41) is 26.7. The number of aromatic nitrogens is 4. The average Bonchev–Trinajstić information content (AvgIpc) is 3.84. The highest BCUT2D eigenvalue weighted by Gasteiger charge is 2.31. The van der Waals surface area contributed by atoms with Gasteiger partial charge in [-0.3, -0.25) is 14.5 Å². The number of rotatable bonds is 13. The maximum absolute atomic E-state index is 14.0. The standard InChI is InChI=1S/C44H51N7O7/c1-8-31-37(24-12-14-33-26(17-24)19-29(21-45-3)49(33)6)46-41(53)35(39(31)52)44(57)58-40-32(9-2)38(47-42(54)36(40)43(55)56)25-13-15-34-27(18-25)20-30(50(34)7)23-51-16-10-11-28(51)22-48(4)5/h12-15,17-20,28,45H,8-11,16,21-23H2,1-7H3,(H,47,54)(H,55,56)(H2,46,52,53). The number of likely N-dealkylation sites (tertiary alicyclic amines) is 1. The summed E-state index contributed by atoms with van der Waals surface area (Å²) in [6, 6.07) is 16.0. The van der Waals surface area contributed by atoms with Gasteiger partial charge in [0.1, 0.15) is 5.75 Å². The number of H-pyrrole nitrogens is 2. The quantitative estimate of drug-likeness (QED) is 0.0956. The predicted molar refractivity (Wildman–Crippen MR) is 225 cm³/mol. The Morgan fingerprint density at radius 3 is 2.00 bits per heavy atom. The molecule has 1 saturated heterocycles. The SMILES string of the molecule is CCc1c(-c2ccc3c(c2)cc(CNC)n3C)[nH]c(=O)c(C(=O)Oc2c(CC)c(-c3ccc4c(c3)cc(CN3CCCC3CN(C)C)n4C)[nH]c(=O)c2C(=O)O)c1O. The third kappa shape index (κ3) is 7.23. The van der Waals surface area contributed by atoms with E-state index >= 15 is 0 Å². The Hall–Kier alpha value is -5.96. The van der Waals surface area contributed by atoms with Crippen LogP contribution in [0.1, 0.15) is 69.9 Å². The number of aromatic carboxylic acids is 1. The third-order valence-electron chi connectivity index (χ3n) is 11.5. The fourth-order valence-corrected chi connectivity index (χ4v) is 8.63. The molecule has 2 aromatic carbocycles. The van der Waals surface area contributed by atoms with Crippen molar-refractivity contribution in [3.8, 4) is 34.0 Å². The number of carbonyl (C=O) groups excluding carboxylic acids is 1. The number of pyridine rings is 2. The fraction of sp³-hybridized carbons (Fsp3) is 0.364. The van der Waals surface area contributed by atoms with E-state index in [2.05, 4.69) is 54.4 Å². The minimum Gasteiger partial charge on any atom is -0.506 e. The molecular formula is C44H51N7O7. The normalized spacial score (nSPS) is 14.7. The zero-order valence-corrected chi connectivity index (χ0v) is 34.1. The molecule has 0 bridgehead atoms. The van der Waals surface area contributed by atoms with Crippen LogP contribution in [0.5, 0.6) is 11.5 Å². The van der Waals surface area contributed by atoms with Crippen molar-refractivity contribution in [3.63, 3.8) is 0 Å². The highest BCUT2D eigenvalue weighted by molar-refractivity contribution is 5.99. The molecule has 304 valence electrons. The lowest BCUT2D eigenvalue weighted by atomic mass is 9.99. The van der Waals surface area contributed by atoms with E-state index in [1.165, 1.54) is 0 Å². The number of likely N-dealkylation sites (N-methyl/N-ethyl adjacent to an activating group) is 1. The van der Waals surface area contributed by atoms with E-state index in [4.69, 9.17) is 4.74 Å². The summed E-state index contributed by atoms with van der Waals surface area (Å²) in [5.41, 5.74) is 3.19. The van der Waals surface area contributed by atoms with Crippen LogP contribution in [0, 0.1) is 0 Å². The van der Waals surface area contributed by atoms with Gasteiger partial charge in [0, 0.05) is 84.1 Å². The Labute approximate surface area is 335 Å². The van der Waals surface area contributed by atoms with E-state index in [0.717, 1.165) is 65.7 Å². The first-order valence-corrected chi connectivity index (χ1v) is 19.7. The smallest absolute Gasteiger partial charge is 0.353 e. The van der Waals surface area contributed by atoms with Gasteiger partial charge in [-0.15, -0.1) is 0 Å². The summed E-state index contributed by atoms with van der Waals surface area (Å²) in [7, 11) is 10.1. The number of carbonyl (C=O) groups is 2. The summed E-state index contributed by atoms with van der Waals surface area (Å²) in [6.45, 7) is 6.99. The van der Waals surface area contributed by atoms with Gasteiger partial charge < -0.3 is 44.3 Å². The van der Waals surface area contributed by atoms with Crippen molar-refractivity contribution >= 4 is 33.7 Å². The van der Waals surface area contributed by atoms with E-state index in [1.807, 2.05) is 63.6 Å². The first kappa shape index (κ1) is 40.2. The number of ether oxygens (including phenoxy) is 1. The number of nitrogens with one attached hydrogen (secondary N) is 3. The molecule has 5 heterocycles. The number of benzene rings is 2. The van der Waals surface area contributed by atoms with E-state index in [0.29, 0.717) is 35.0 Å². The van der Waals surface area contributed by atoms with E-state index < -0.39 is 45.7 Å². The van der Waals surface area contributed by atoms with E-state index in [-0.39, 0.29) is 24.1 Å². The minimum atomic E-state index is -1.61. The van der Waals surface area contributed by atoms with Crippen LogP contribution in [0.15, 0.2) is 58.1 Å². The molecule has 4 aromatic heterocycles. The summed E-state index contributed by atoms with van der Waals surface area (Å²) in [6.07, 6.45) is 2.71. The number of aromatic hydroxyl groups is 1. The van der Waals surface area contributed by atoms with Crippen molar-refractivity contribution < 1.29 is 24.5 Å². The highest BCUT2D eigenvalue weighted by atomic mass is 16.5. The monoisotopic (exact) mass is 789 g/mol. The Kier molecular flexibility index (Phi) is 11.2. The lowest BCUT2D eigenvalue weighted by molar-refractivity contribution is 0.0677. The number of carboxylic acid groups (broad SMARTS) is 1. The third-order valence-corrected chi connectivity index (χ3v) is 11.5. The van der Waals surface area contributed by atoms with Gasteiger partial charge in [0.15, 0.2) is 16.9 Å². The molecular weight excluding hydrogens is 739 g/mol. The molecule has 6 aromatic rings. The van der Waals surface area contributed by atoms with Crippen molar-refractivity contribution in [1.82, 2.24) is 34.2 Å². The largest absolute Gasteiger partial charge is 0.506 e. The van der Waals surface area contributed by atoms with Crippen LogP contribution in [-0.2, 0) is 40.0 Å². The summed E-state index contributed by atoms with van der Waals surface area (Å²) >= 11 is 0. The lowest BCUT2D eigenvalue weighted by Gasteiger charge is -2.27. The molecule has 0 amide bonds. The van der Waals surface area contributed by atoms with E-state index in [9.17, 15) is 29.4 Å². The van der Waals surface area contributed by atoms with Crippen LogP contribution < -0.4 is 21.2 Å². The van der Waals surface area contributed by atoms with Gasteiger partial charge in [0.05, 0.1) is 11.4 Å². The van der Waals surface area contributed by atoms with Crippen LogP contribution in [0.2, 0.25) is 0 Å². The minimum absolute atomic E-state index is 0.161. The van der Waals surface area contributed by atoms with Gasteiger partial charge in [-0.1, -0.05) is 26.0 Å². The number of fused-ring (bicyclic) bond motifs is 2. The second-order valence-electron chi connectivity index (χ2n) is 15.4.